The monoisotopic (exact) mass is 259 g/mol. The Morgan fingerprint density at radius 2 is 1.83 bits per heavy atom. The Hall–Kier alpha value is -2.25. The van der Waals surface area contributed by atoms with Crippen LogP contribution in [0.4, 0.5) is 13.2 Å². The standard InChI is InChI=1S/C10H8F3N3O2/c11-10(12,13)5-16-9(18)15(6-14-16)7-1-3-8(17)4-2-7/h1-4,6,17H,5H2. The first-order valence-electron chi connectivity index (χ1n) is 4.87. The highest BCUT2D eigenvalue weighted by Crippen LogP contribution is 2.16. The summed E-state index contributed by atoms with van der Waals surface area (Å²) in [7, 11) is 0. The summed E-state index contributed by atoms with van der Waals surface area (Å²) < 4.78 is 37.7. The minimum Gasteiger partial charge on any atom is -0.508 e. The molecule has 0 aliphatic rings. The quantitative estimate of drug-likeness (QED) is 0.884. The average molecular weight is 259 g/mol. The number of halogens is 3. The van der Waals surface area contributed by atoms with Crippen molar-refractivity contribution in [2.45, 2.75) is 12.7 Å². The molecule has 2 aromatic rings. The van der Waals surface area contributed by atoms with E-state index in [9.17, 15) is 18.0 Å². The smallest absolute Gasteiger partial charge is 0.408 e. The zero-order valence-electron chi connectivity index (χ0n) is 8.92. The average Bonchev–Trinajstić information content (AvgIpc) is 2.60. The highest BCUT2D eigenvalue weighted by molar-refractivity contribution is 5.36. The maximum atomic E-state index is 12.1. The number of phenolic OH excluding ortho intramolecular Hbond substituents is 1. The topological polar surface area (TPSA) is 60.1 Å². The lowest BCUT2D eigenvalue weighted by atomic mass is 10.3. The van der Waals surface area contributed by atoms with Gasteiger partial charge in [0.2, 0.25) is 0 Å². The Bertz CT molecular complexity index is 598. The summed E-state index contributed by atoms with van der Waals surface area (Å²) in [6, 6.07) is 5.44. The van der Waals surface area contributed by atoms with Crippen LogP contribution < -0.4 is 5.69 Å². The van der Waals surface area contributed by atoms with Crippen molar-refractivity contribution >= 4 is 0 Å². The summed E-state index contributed by atoms with van der Waals surface area (Å²) in [5.74, 6) is -0.00511. The normalized spacial score (nSPS) is 11.7. The first-order chi connectivity index (χ1) is 8.37. The van der Waals surface area contributed by atoms with Crippen LogP contribution in [0.3, 0.4) is 0 Å². The number of hydrogen-bond donors (Lipinski definition) is 1. The predicted molar refractivity (Wildman–Crippen MR) is 55.5 cm³/mol. The van der Waals surface area contributed by atoms with Gasteiger partial charge < -0.3 is 5.11 Å². The van der Waals surface area contributed by atoms with E-state index in [4.69, 9.17) is 5.11 Å². The van der Waals surface area contributed by atoms with E-state index in [-0.39, 0.29) is 5.75 Å². The molecule has 2 rings (SSSR count). The molecule has 5 nitrogen and oxygen atoms in total. The van der Waals surface area contributed by atoms with E-state index in [0.29, 0.717) is 10.4 Å². The maximum Gasteiger partial charge on any atom is 0.408 e. The predicted octanol–water partition coefficient (Wildman–Crippen LogP) is 1.30. The first-order valence-corrected chi connectivity index (χ1v) is 4.87. The van der Waals surface area contributed by atoms with Crippen molar-refractivity contribution in [1.29, 1.82) is 0 Å². The minimum atomic E-state index is -4.50. The van der Waals surface area contributed by atoms with Crippen LogP contribution in [-0.2, 0) is 6.54 Å². The van der Waals surface area contributed by atoms with E-state index >= 15 is 0 Å². The zero-order chi connectivity index (χ0) is 13.3. The molecule has 96 valence electrons. The van der Waals surface area contributed by atoms with Crippen LogP contribution in [0.25, 0.3) is 5.69 Å². The van der Waals surface area contributed by atoms with Gasteiger partial charge in [0, 0.05) is 0 Å². The van der Waals surface area contributed by atoms with Crippen molar-refractivity contribution in [3.63, 3.8) is 0 Å². The van der Waals surface area contributed by atoms with Crippen LogP contribution in [0.5, 0.6) is 5.75 Å². The molecule has 0 saturated heterocycles. The van der Waals surface area contributed by atoms with Gasteiger partial charge in [0.15, 0.2) is 0 Å². The third kappa shape index (κ3) is 2.53. The lowest BCUT2D eigenvalue weighted by Crippen LogP contribution is -2.30. The number of aromatic nitrogens is 3. The van der Waals surface area contributed by atoms with Gasteiger partial charge in [-0.3, -0.25) is 0 Å². The zero-order valence-corrected chi connectivity index (χ0v) is 8.92. The Morgan fingerprint density at radius 3 is 2.39 bits per heavy atom. The molecule has 0 unspecified atom stereocenters. The maximum absolute atomic E-state index is 12.1. The molecule has 1 heterocycles. The summed E-state index contributed by atoms with van der Waals surface area (Å²) in [5, 5.41) is 12.5. The number of aromatic hydroxyl groups is 1. The molecule has 18 heavy (non-hydrogen) atoms. The summed E-state index contributed by atoms with van der Waals surface area (Å²) >= 11 is 0. The fourth-order valence-electron chi connectivity index (χ4n) is 1.41. The van der Waals surface area contributed by atoms with Crippen LogP contribution in [0.2, 0.25) is 0 Å². The number of nitrogens with zero attached hydrogens (tertiary/aromatic N) is 3. The number of phenols is 1. The van der Waals surface area contributed by atoms with Crippen LogP contribution in [0.1, 0.15) is 0 Å². The molecule has 0 bridgehead atoms. The summed E-state index contributed by atoms with van der Waals surface area (Å²) in [5.41, 5.74) is -0.566. The molecule has 0 spiro atoms. The van der Waals surface area contributed by atoms with Crippen LogP contribution in [0, 0.1) is 0 Å². The van der Waals surface area contributed by atoms with Crippen molar-refractivity contribution in [1.82, 2.24) is 14.3 Å². The second kappa shape index (κ2) is 4.21. The Balaban J connectivity index is 2.37. The van der Waals surface area contributed by atoms with Crippen molar-refractivity contribution < 1.29 is 18.3 Å². The number of hydrogen-bond acceptors (Lipinski definition) is 3. The van der Waals surface area contributed by atoms with E-state index in [0.717, 1.165) is 10.9 Å². The molecule has 1 aromatic carbocycles. The van der Waals surface area contributed by atoms with Gasteiger partial charge >= 0.3 is 11.9 Å². The van der Waals surface area contributed by atoms with Crippen LogP contribution in [0.15, 0.2) is 35.4 Å². The number of rotatable bonds is 2. The van der Waals surface area contributed by atoms with Crippen LogP contribution in [-0.4, -0.2) is 25.6 Å². The Morgan fingerprint density at radius 1 is 1.22 bits per heavy atom. The molecule has 1 aromatic heterocycles. The molecule has 0 aliphatic carbocycles. The SMILES string of the molecule is O=c1n(-c2ccc(O)cc2)cnn1CC(F)(F)F. The molecule has 0 fully saturated rings. The van der Waals surface area contributed by atoms with Crippen molar-refractivity contribution in [2.24, 2.45) is 0 Å². The van der Waals surface area contributed by atoms with E-state index in [1.165, 1.54) is 24.3 Å². The second-order valence-corrected chi connectivity index (χ2v) is 3.57. The Kier molecular flexibility index (Phi) is 2.85. The van der Waals surface area contributed by atoms with Gasteiger partial charge in [-0.2, -0.15) is 18.3 Å². The molecule has 8 heteroatoms. The van der Waals surface area contributed by atoms with Gasteiger partial charge in [-0.1, -0.05) is 0 Å². The molecular formula is C10H8F3N3O2. The number of alkyl halides is 3. The van der Waals surface area contributed by atoms with Crippen molar-refractivity contribution in [3.8, 4) is 11.4 Å². The summed E-state index contributed by atoms with van der Waals surface area (Å²) in [6.45, 7) is -1.43. The molecule has 0 atom stereocenters. The minimum absolute atomic E-state index is 0.00511. The van der Waals surface area contributed by atoms with Gasteiger partial charge in [0.25, 0.3) is 0 Å². The third-order valence-corrected chi connectivity index (χ3v) is 2.19. The van der Waals surface area contributed by atoms with Crippen LogP contribution >= 0.6 is 0 Å². The molecule has 0 aliphatic heterocycles. The lowest BCUT2D eigenvalue weighted by molar-refractivity contribution is -0.143. The van der Waals surface area contributed by atoms with Crippen molar-refractivity contribution in [3.05, 3.63) is 41.1 Å². The molecule has 0 radical (unpaired) electrons. The Labute approximate surface area is 98.7 Å². The van der Waals surface area contributed by atoms with Gasteiger partial charge in [-0.15, -0.1) is 0 Å². The second-order valence-electron chi connectivity index (χ2n) is 3.57. The van der Waals surface area contributed by atoms with Crippen molar-refractivity contribution in [2.75, 3.05) is 0 Å². The van der Waals surface area contributed by atoms with E-state index in [1.807, 2.05) is 0 Å². The van der Waals surface area contributed by atoms with Gasteiger partial charge in [-0.25, -0.2) is 14.0 Å². The fraction of sp³-hybridized carbons (Fsp3) is 0.200. The molecular weight excluding hydrogens is 251 g/mol. The highest BCUT2D eigenvalue weighted by Gasteiger charge is 2.29. The summed E-state index contributed by atoms with van der Waals surface area (Å²) in [6.07, 6.45) is -3.50. The van der Waals surface area contributed by atoms with E-state index in [2.05, 4.69) is 5.10 Å². The van der Waals surface area contributed by atoms with Gasteiger partial charge in [0.1, 0.15) is 18.6 Å². The lowest BCUT2D eigenvalue weighted by Gasteiger charge is -2.04. The highest BCUT2D eigenvalue weighted by atomic mass is 19.4. The van der Waals surface area contributed by atoms with Gasteiger partial charge in [-0.05, 0) is 24.3 Å². The summed E-state index contributed by atoms with van der Waals surface area (Å²) in [4.78, 5) is 11.6. The fourth-order valence-corrected chi connectivity index (χ4v) is 1.41. The molecule has 0 amide bonds. The van der Waals surface area contributed by atoms with Gasteiger partial charge in [0.05, 0.1) is 5.69 Å². The molecule has 1 N–H and O–H groups in total. The first kappa shape index (κ1) is 12.2. The largest absolute Gasteiger partial charge is 0.508 e. The van der Waals surface area contributed by atoms with E-state index in [1.54, 1.807) is 0 Å². The number of benzene rings is 1. The third-order valence-electron chi connectivity index (χ3n) is 2.19. The molecule has 0 saturated carbocycles. The van der Waals surface area contributed by atoms with E-state index < -0.39 is 18.4 Å².